The third kappa shape index (κ3) is 1.77. The maximum atomic E-state index is 10.2. The van der Waals surface area contributed by atoms with Crippen LogP contribution in [-0.4, -0.2) is 29.6 Å². The summed E-state index contributed by atoms with van der Waals surface area (Å²) in [7, 11) is 0. The van der Waals surface area contributed by atoms with Crippen molar-refractivity contribution in [3.8, 4) is 0 Å². The van der Waals surface area contributed by atoms with E-state index in [9.17, 15) is 4.79 Å². The van der Waals surface area contributed by atoms with Crippen LogP contribution in [0.3, 0.4) is 0 Å². The molecular weight excluding hydrogens is 118 g/mol. The Morgan fingerprint density at radius 3 is 2.89 bits per heavy atom. The summed E-state index contributed by atoms with van der Waals surface area (Å²) < 4.78 is 0. The molecule has 3 heteroatoms. The zero-order valence-corrected chi connectivity index (χ0v) is 5.29. The highest BCUT2D eigenvalue weighted by atomic mass is 16.5. The Balaban J connectivity index is 2.31. The molecule has 0 bridgehead atoms. The highest BCUT2D eigenvalue weighted by Gasteiger charge is 2.16. The van der Waals surface area contributed by atoms with Gasteiger partial charge in [-0.1, -0.05) is 0 Å². The fraction of sp³-hybridized carbons (Fsp3) is 0.833. The van der Waals surface area contributed by atoms with Crippen LogP contribution < -0.4 is 0 Å². The van der Waals surface area contributed by atoms with E-state index in [4.69, 9.17) is 5.21 Å². The molecule has 1 N–H and O–H groups in total. The number of carbonyl (C=O) groups excluding carboxylic acids is 1. The molecule has 1 rings (SSSR count). The smallest absolute Gasteiger partial charge is 0.124 e. The van der Waals surface area contributed by atoms with E-state index < -0.39 is 0 Å². The molecule has 0 aromatic rings. The second kappa shape index (κ2) is 2.94. The molecule has 0 saturated carbocycles. The van der Waals surface area contributed by atoms with E-state index in [0.717, 1.165) is 19.1 Å². The van der Waals surface area contributed by atoms with Crippen molar-refractivity contribution in [1.82, 2.24) is 5.06 Å². The number of carbonyl (C=O) groups is 1. The minimum atomic E-state index is 0.0590. The fourth-order valence-electron chi connectivity index (χ4n) is 1.10. The van der Waals surface area contributed by atoms with Gasteiger partial charge in [0.15, 0.2) is 0 Å². The van der Waals surface area contributed by atoms with Crippen molar-refractivity contribution in [2.45, 2.75) is 12.8 Å². The first kappa shape index (κ1) is 6.71. The van der Waals surface area contributed by atoms with Crippen molar-refractivity contribution < 1.29 is 10.0 Å². The summed E-state index contributed by atoms with van der Waals surface area (Å²) in [4.78, 5) is 10.2. The standard InChI is InChI=1S/C6H11NO2/c8-5-6-2-1-3-7(9)4-6/h5-6,9H,1-4H2. The molecule has 0 spiro atoms. The molecule has 1 fully saturated rings. The molecule has 9 heavy (non-hydrogen) atoms. The van der Waals surface area contributed by atoms with Gasteiger partial charge >= 0.3 is 0 Å². The van der Waals surface area contributed by atoms with Crippen LogP contribution in [0, 0.1) is 5.92 Å². The van der Waals surface area contributed by atoms with Crippen molar-refractivity contribution in [2.24, 2.45) is 5.92 Å². The van der Waals surface area contributed by atoms with Crippen molar-refractivity contribution >= 4 is 6.29 Å². The van der Waals surface area contributed by atoms with Gasteiger partial charge < -0.3 is 10.0 Å². The van der Waals surface area contributed by atoms with E-state index in [1.54, 1.807) is 0 Å². The second-order valence-corrected chi connectivity index (χ2v) is 2.45. The lowest BCUT2D eigenvalue weighted by Gasteiger charge is -2.23. The molecule has 1 unspecified atom stereocenters. The summed E-state index contributed by atoms with van der Waals surface area (Å²) in [5, 5.41) is 10.1. The van der Waals surface area contributed by atoms with Gasteiger partial charge in [0.1, 0.15) is 6.29 Å². The topological polar surface area (TPSA) is 40.5 Å². The Morgan fingerprint density at radius 2 is 2.44 bits per heavy atom. The molecule has 1 saturated heterocycles. The van der Waals surface area contributed by atoms with Crippen molar-refractivity contribution in [2.75, 3.05) is 13.1 Å². The van der Waals surface area contributed by atoms with E-state index in [1.807, 2.05) is 0 Å². The lowest BCUT2D eigenvalue weighted by Crippen LogP contribution is -2.33. The van der Waals surface area contributed by atoms with Gasteiger partial charge in [-0.25, -0.2) is 0 Å². The zero-order chi connectivity index (χ0) is 6.69. The summed E-state index contributed by atoms with van der Waals surface area (Å²) in [6.07, 6.45) is 2.78. The molecule has 0 aromatic carbocycles. The molecule has 0 aliphatic carbocycles. The molecule has 0 radical (unpaired) electrons. The third-order valence-corrected chi connectivity index (χ3v) is 1.63. The van der Waals surface area contributed by atoms with Gasteiger partial charge in [0.25, 0.3) is 0 Å². The van der Waals surface area contributed by atoms with E-state index >= 15 is 0 Å². The average Bonchev–Trinajstić information content (AvgIpc) is 1.88. The van der Waals surface area contributed by atoms with Crippen LogP contribution in [-0.2, 0) is 4.79 Å². The minimum absolute atomic E-state index is 0.0590. The van der Waals surface area contributed by atoms with E-state index in [1.165, 1.54) is 5.06 Å². The van der Waals surface area contributed by atoms with E-state index in [0.29, 0.717) is 13.1 Å². The number of hydrogen-bond acceptors (Lipinski definition) is 3. The first-order chi connectivity index (χ1) is 4.33. The van der Waals surface area contributed by atoms with Crippen LogP contribution in [0.4, 0.5) is 0 Å². The van der Waals surface area contributed by atoms with Gasteiger partial charge in [-0.15, -0.1) is 0 Å². The quantitative estimate of drug-likeness (QED) is 0.517. The van der Waals surface area contributed by atoms with Gasteiger partial charge in [-0.05, 0) is 12.8 Å². The average molecular weight is 129 g/mol. The number of aldehydes is 1. The minimum Gasteiger partial charge on any atom is -0.314 e. The molecule has 3 nitrogen and oxygen atoms in total. The second-order valence-electron chi connectivity index (χ2n) is 2.45. The largest absolute Gasteiger partial charge is 0.314 e. The van der Waals surface area contributed by atoms with Crippen LogP contribution in [0.2, 0.25) is 0 Å². The molecule has 1 heterocycles. The van der Waals surface area contributed by atoms with Crippen LogP contribution in [0.1, 0.15) is 12.8 Å². The lowest BCUT2D eigenvalue weighted by molar-refractivity contribution is -0.132. The van der Waals surface area contributed by atoms with Crippen LogP contribution >= 0.6 is 0 Å². The monoisotopic (exact) mass is 129 g/mol. The van der Waals surface area contributed by atoms with Crippen LogP contribution in [0.25, 0.3) is 0 Å². The Hall–Kier alpha value is -0.410. The van der Waals surface area contributed by atoms with Gasteiger partial charge in [-0.3, -0.25) is 0 Å². The van der Waals surface area contributed by atoms with Crippen LogP contribution in [0.5, 0.6) is 0 Å². The van der Waals surface area contributed by atoms with Gasteiger partial charge in [0.2, 0.25) is 0 Å². The SMILES string of the molecule is O=CC1CCCN(O)C1. The molecule has 1 aliphatic rings. The first-order valence-corrected chi connectivity index (χ1v) is 3.22. The predicted molar refractivity (Wildman–Crippen MR) is 32.1 cm³/mol. The Labute approximate surface area is 54.2 Å². The van der Waals surface area contributed by atoms with Crippen LogP contribution in [0.15, 0.2) is 0 Å². The fourth-order valence-corrected chi connectivity index (χ4v) is 1.10. The maximum absolute atomic E-state index is 10.2. The van der Waals surface area contributed by atoms with Crippen molar-refractivity contribution in [3.63, 3.8) is 0 Å². The maximum Gasteiger partial charge on any atom is 0.124 e. The Morgan fingerprint density at radius 1 is 1.67 bits per heavy atom. The Bertz CT molecular complexity index is 105. The molecule has 52 valence electrons. The van der Waals surface area contributed by atoms with Gasteiger partial charge in [0.05, 0.1) is 0 Å². The zero-order valence-electron chi connectivity index (χ0n) is 5.29. The first-order valence-electron chi connectivity index (χ1n) is 3.22. The third-order valence-electron chi connectivity index (χ3n) is 1.63. The molecule has 1 atom stereocenters. The summed E-state index contributed by atoms with van der Waals surface area (Å²) >= 11 is 0. The highest BCUT2D eigenvalue weighted by molar-refractivity contribution is 5.53. The normalized spacial score (nSPS) is 30.1. The van der Waals surface area contributed by atoms with Crippen molar-refractivity contribution in [1.29, 1.82) is 0 Å². The summed E-state index contributed by atoms with van der Waals surface area (Å²) in [5.41, 5.74) is 0. The predicted octanol–water partition coefficient (Wildman–Crippen LogP) is 0.287. The van der Waals surface area contributed by atoms with Gasteiger partial charge in [0, 0.05) is 19.0 Å². The van der Waals surface area contributed by atoms with Crippen molar-refractivity contribution in [3.05, 3.63) is 0 Å². The molecule has 1 aliphatic heterocycles. The number of hydrogen-bond donors (Lipinski definition) is 1. The number of piperidine rings is 1. The lowest BCUT2D eigenvalue weighted by atomic mass is 10.0. The summed E-state index contributed by atoms with van der Waals surface area (Å²) in [6, 6.07) is 0. The number of nitrogens with zero attached hydrogens (tertiary/aromatic N) is 1. The molecule has 0 aromatic heterocycles. The number of hydroxylamine groups is 2. The Kier molecular flexibility index (Phi) is 2.19. The van der Waals surface area contributed by atoms with Gasteiger partial charge in [-0.2, -0.15) is 5.06 Å². The summed E-state index contributed by atoms with van der Waals surface area (Å²) in [6.45, 7) is 1.23. The number of rotatable bonds is 1. The van der Waals surface area contributed by atoms with E-state index in [-0.39, 0.29) is 5.92 Å². The highest BCUT2D eigenvalue weighted by Crippen LogP contribution is 2.11. The van der Waals surface area contributed by atoms with E-state index in [2.05, 4.69) is 0 Å². The molecule has 0 amide bonds. The molecular formula is C6H11NO2. The summed E-state index contributed by atoms with van der Waals surface area (Å²) in [5.74, 6) is 0.0590.